The molecule has 1 saturated carbocycles. The molecule has 20 heavy (non-hydrogen) atoms. The molecule has 1 fully saturated rings. The van der Waals surface area contributed by atoms with Gasteiger partial charge in [-0.2, -0.15) is 0 Å². The van der Waals surface area contributed by atoms with Gasteiger partial charge in [0.2, 0.25) is 5.72 Å². The molecule has 4 heteroatoms. The van der Waals surface area contributed by atoms with Crippen molar-refractivity contribution in [1.29, 1.82) is 0 Å². The molecular formula is C16H26N2O2. The fourth-order valence-electron chi connectivity index (χ4n) is 3.03. The lowest BCUT2D eigenvalue weighted by molar-refractivity contribution is -0.229. The Morgan fingerprint density at radius 2 is 1.70 bits per heavy atom. The van der Waals surface area contributed by atoms with Crippen LogP contribution in [0, 0.1) is 0 Å². The zero-order valence-electron chi connectivity index (χ0n) is 13.1. The molecule has 1 aliphatic heterocycles. The standard InChI is InChI=1S/C16H26N2O2/c1-14(19)20-16(10-6-5-7-11-16)18-13-9-8-12-17(18)15(2,3)4/h8-9,12-13H,5-7,10-11H2,1-4H3. The molecule has 2 aliphatic rings. The first kappa shape index (κ1) is 14.9. The lowest BCUT2D eigenvalue weighted by atomic mass is 9.90. The SMILES string of the molecule is CC(=O)OC1(N2C=CC=CN2C(C)(C)C)CCCCC1. The summed E-state index contributed by atoms with van der Waals surface area (Å²) in [6.45, 7) is 7.98. The van der Waals surface area contributed by atoms with Gasteiger partial charge >= 0.3 is 5.97 Å². The minimum atomic E-state index is -0.529. The fraction of sp³-hybridized carbons (Fsp3) is 0.688. The van der Waals surface area contributed by atoms with Crippen molar-refractivity contribution in [2.24, 2.45) is 0 Å². The molecule has 0 spiro atoms. The summed E-state index contributed by atoms with van der Waals surface area (Å²) >= 11 is 0. The highest BCUT2D eigenvalue weighted by Gasteiger charge is 2.44. The zero-order valence-corrected chi connectivity index (χ0v) is 13.1. The molecule has 0 radical (unpaired) electrons. The van der Waals surface area contributed by atoms with Gasteiger partial charge in [-0.3, -0.25) is 14.8 Å². The van der Waals surface area contributed by atoms with Crippen LogP contribution in [0.2, 0.25) is 0 Å². The van der Waals surface area contributed by atoms with Crippen LogP contribution >= 0.6 is 0 Å². The van der Waals surface area contributed by atoms with E-state index in [0.717, 1.165) is 25.7 Å². The fourth-order valence-corrected chi connectivity index (χ4v) is 3.03. The lowest BCUT2D eigenvalue weighted by Crippen LogP contribution is -2.61. The van der Waals surface area contributed by atoms with Crippen LogP contribution in [0.1, 0.15) is 59.8 Å². The van der Waals surface area contributed by atoms with Crippen LogP contribution in [0.3, 0.4) is 0 Å². The molecule has 0 N–H and O–H groups in total. The molecular weight excluding hydrogens is 252 g/mol. The van der Waals surface area contributed by atoms with E-state index in [-0.39, 0.29) is 11.5 Å². The number of hydrogen-bond donors (Lipinski definition) is 0. The summed E-state index contributed by atoms with van der Waals surface area (Å²) in [6, 6.07) is 0. The number of ether oxygens (including phenoxy) is 1. The first-order chi connectivity index (χ1) is 9.35. The van der Waals surface area contributed by atoms with Gasteiger partial charge in [0.05, 0.1) is 5.54 Å². The quantitative estimate of drug-likeness (QED) is 0.723. The van der Waals surface area contributed by atoms with Crippen LogP contribution in [-0.4, -0.2) is 27.3 Å². The Kier molecular flexibility index (Phi) is 4.11. The summed E-state index contributed by atoms with van der Waals surface area (Å²) in [6.07, 6.45) is 13.3. The summed E-state index contributed by atoms with van der Waals surface area (Å²) in [5.41, 5.74) is -0.593. The van der Waals surface area contributed by atoms with Crippen LogP contribution in [0.4, 0.5) is 0 Å². The van der Waals surface area contributed by atoms with Gasteiger partial charge in [-0.1, -0.05) is 6.42 Å². The van der Waals surface area contributed by atoms with Gasteiger partial charge in [0.15, 0.2) is 0 Å². The van der Waals surface area contributed by atoms with Crippen molar-refractivity contribution in [3.05, 3.63) is 24.6 Å². The molecule has 1 aliphatic carbocycles. The zero-order chi connectivity index (χ0) is 14.8. The summed E-state index contributed by atoms with van der Waals surface area (Å²) < 4.78 is 5.80. The number of hydrogen-bond acceptors (Lipinski definition) is 4. The van der Waals surface area contributed by atoms with Gasteiger partial charge in [-0.05, 0) is 45.8 Å². The van der Waals surface area contributed by atoms with E-state index in [4.69, 9.17) is 4.74 Å². The van der Waals surface area contributed by atoms with Crippen molar-refractivity contribution in [2.45, 2.75) is 71.1 Å². The molecule has 0 saturated heterocycles. The minimum absolute atomic E-state index is 0.0636. The van der Waals surface area contributed by atoms with Crippen LogP contribution in [0.15, 0.2) is 24.6 Å². The van der Waals surface area contributed by atoms with Gasteiger partial charge in [-0.25, -0.2) is 0 Å². The molecule has 0 aromatic heterocycles. The Hall–Kier alpha value is -1.45. The predicted octanol–water partition coefficient (Wildman–Crippen LogP) is 3.57. The van der Waals surface area contributed by atoms with Crippen molar-refractivity contribution in [3.8, 4) is 0 Å². The smallest absolute Gasteiger partial charge is 0.304 e. The first-order valence-electron chi connectivity index (χ1n) is 7.48. The molecule has 0 atom stereocenters. The highest BCUT2D eigenvalue weighted by molar-refractivity contribution is 5.66. The number of carbonyl (C=O) groups excluding carboxylic acids is 1. The minimum Gasteiger partial charge on any atom is -0.437 e. The third-order valence-corrected chi connectivity index (χ3v) is 3.87. The number of carbonyl (C=O) groups is 1. The van der Waals surface area contributed by atoms with Crippen LogP contribution in [-0.2, 0) is 9.53 Å². The molecule has 4 nitrogen and oxygen atoms in total. The Morgan fingerprint density at radius 1 is 1.10 bits per heavy atom. The Morgan fingerprint density at radius 3 is 2.25 bits per heavy atom. The number of nitrogens with zero attached hydrogens (tertiary/aromatic N) is 2. The lowest BCUT2D eigenvalue weighted by Gasteiger charge is -2.53. The maximum Gasteiger partial charge on any atom is 0.304 e. The van der Waals surface area contributed by atoms with Crippen molar-refractivity contribution < 1.29 is 9.53 Å². The molecule has 0 unspecified atom stereocenters. The van der Waals surface area contributed by atoms with E-state index < -0.39 is 5.72 Å². The highest BCUT2D eigenvalue weighted by Crippen LogP contribution is 2.39. The molecule has 0 aromatic rings. The molecule has 0 amide bonds. The first-order valence-corrected chi connectivity index (χ1v) is 7.48. The van der Waals surface area contributed by atoms with Crippen molar-refractivity contribution in [1.82, 2.24) is 10.0 Å². The predicted molar refractivity (Wildman–Crippen MR) is 79.3 cm³/mol. The van der Waals surface area contributed by atoms with Crippen LogP contribution in [0.5, 0.6) is 0 Å². The van der Waals surface area contributed by atoms with Gasteiger partial charge in [0.25, 0.3) is 0 Å². The number of allylic oxidation sites excluding steroid dienone is 2. The maximum absolute atomic E-state index is 11.6. The van der Waals surface area contributed by atoms with Gasteiger partial charge in [-0.15, -0.1) is 0 Å². The molecule has 2 rings (SSSR count). The number of esters is 1. The second-order valence-corrected chi connectivity index (χ2v) is 6.64. The molecule has 112 valence electrons. The summed E-state index contributed by atoms with van der Waals surface area (Å²) in [4.78, 5) is 11.6. The van der Waals surface area contributed by atoms with E-state index in [1.165, 1.54) is 13.3 Å². The Balaban J connectivity index is 2.33. The Labute approximate surface area is 122 Å². The van der Waals surface area contributed by atoms with Gasteiger partial charge < -0.3 is 4.74 Å². The normalized spacial score (nSPS) is 22.0. The largest absolute Gasteiger partial charge is 0.437 e. The third-order valence-electron chi connectivity index (χ3n) is 3.87. The van der Waals surface area contributed by atoms with Crippen molar-refractivity contribution >= 4 is 5.97 Å². The summed E-state index contributed by atoms with van der Waals surface area (Å²) in [7, 11) is 0. The van der Waals surface area contributed by atoms with Crippen molar-refractivity contribution in [3.63, 3.8) is 0 Å². The second-order valence-electron chi connectivity index (χ2n) is 6.64. The average Bonchev–Trinajstić information content (AvgIpc) is 2.38. The third kappa shape index (κ3) is 3.00. The van der Waals surface area contributed by atoms with Crippen molar-refractivity contribution in [2.75, 3.05) is 0 Å². The van der Waals surface area contributed by atoms with Gasteiger partial charge in [0, 0.05) is 32.2 Å². The number of rotatable bonds is 2. The molecule has 0 aromatic carbocycles. The average molecular weight is 278 g/mol. The molecule has 0 bridgehead atoms. The second kappa shape index (κ2) is 5.51. The van der Waals surface area contributed by atoms with E-state index in [2.05, 4.69) is 37.0 Å². The molecule has 1 heterocycles. The number of hydrazine groups is 1. The van der Waals surface area contributed by atoms with Crippen LogP contribution < -0.4 is 0 Å². The van der Waals surface area contributed by atoms with E-state index in [1.807, 2.05) is 18.4 Å². The van der Waals surface area contributed by atoms with Gasteiger partial charge in [0.1, 0.15) is 0 Å². The van der Waals surface area contributed by atoms with E-state index in [9.17, 15) is 4.79 Å². The Bertz CT molecular complexity index is 415. The maximum atomic E-state index is 11.6. The summed E-state index contributed by atoms with van der Waals surface area (Å²) in [5.74, 6) is -0.205. The van der Waals surface area contributed by atoms with E-state index in [1.54, 1.807) is 0 Å². The van der Waals surface area contributed by atoms with E-state index >= 15 is 0 Å². The highest BCUT2D eigenvalue weighted by atomic mass is 16.6. The monoisotopic (exact) mass is 278 g/mol. The van der Waals surface area contributed by atoms with E-state index in [0.29, 0.717) is 0 Å². The topological polar surface area (TPSA) is 32.8 Å². The summed E-state index contributed by atoms with van der Waals surface area (Å²) in [5, 5.41) is 4.29. The van der Waals surface area contributed by atoms with Crippen LogP contribution in [0.25, 0.3) is 0 Å².